The molecular weight excluding hydrogens is 391 g/mol. The summed E-state index contributed by atoms with van der Waals surface area (Å²) < 4.78 is 13.2. The van der Waals surface area contributed by atoms with Gasteiger partial charge in [0.1, 0.15) is 11.6 Å². The number of aliphatic imine (C=N–C) groups is 1. The Balaban J connectivity index is 1.35. The van der Waals surface area contributed by atoms with Crippen LogP contribution in [0.3, 0.4) is 0 Å². The molecule has 0 unspecified atom stereocenters. The molecule has 7 heteroatoms. The van der Waals surface area contributed by atoms with E-state index >= 15 is 0 Å². The lowest BCUT2D eigenvalue weighted by Gasteiger charge is -2.36. The maximum atomic E-state index is 13.2. The van der Waals surface area contributed by atoms with E-state index in [4.69, 9.17) is 4.99 Å². The Morgan fingerprint density at radius 1 is 1.06 bits per heavy atom. The van der Waals surface area contributed by atoms with Crippen LogP contribution in [0.25, 0.3) is 0 Å². The van der Waals surface area contributed by atoms with Gasteiger partial charge < -0.3 is 20.4 Å². The van der Waals surface area contributed by atoms with Gasteiger partial charge in [0.25, 0.3) is 0 Å². The zero-order chi connectivity index (χ0) is 21.5. The van der Waals surface area contributed by atoms with Crippen LogP contribution < -0.4 is 20.4 Å². The summed E-state index contributed by atoms with van der Waals surface area (Å²) in [5.41, 5.74) is 2.21. The number of hydrogen-bond acceptors (Lipinski definition) is 4. The van der Waals surface area contributed by atoms with Crippen LogP contribution in [-0.2, 0) is 6.54 Å². The minimum Gasteiger partial charge on any atom is -0.368 e. The third-order valence-corrected chi connectivity index (χ3v) is 5.72. The summed E-state index contributed by atoms with van der Waals surface area (Å²) in [6, 6.07) is 11.3. The van der Waals surface area contributed by atoms with Gasteiger partial charge in [-0.25, -0.2) is 14.4 Å². The van der Waals surface area contributed by atoms with E-state index in [-0.39, 0.29) is 5.82 Å². The smallest absolute Gasteiger partial charge is 0.191 e. The third-order valence-electron chi connectivity index (χ3n) is 5.72. The Kier molecular flexibility index (Phi) is 7.02. The monoisotopic (exact) mass is 422 g/mol. The van der Waals surface area contributed by atoms with Crippen LogP contribution in [0, 0.1) is 5.82 Å². The Morgan fingerprint density at radius 3 is 2.48 bits per heavy atom. The van der Waals surface area contributed by atoms with Crippen LogP contribution in [0.4, 0.5) is 15.9 Å². The molecule has 0 spiro atoms. The van der Waals surface area contributed by atoms with Gasteiger partial charge in [-0.3, -0.25) is 0 Å². The average Bonchev–Trinajstić information content (AvgIpc) is 3.32. The summed E-state index contributed by atoms with van der Waals surface area (Å²) >= 11 is 0. The number of hydrogen-bond donors (Lipinski definition) is 2. The molecule has 2 N–H and O–H groups in total. The molecule has 1 aromatic carbocycles. The van der Waals surface area contributed by atoms with E-state index in [0.29, 0.717) is 12.6 Å². The average molecular weight is 423 g/mol. The van der Waals surface area contributed by atoms with E-state index in [1.165, 1.54) is 12.1 Å². The molecule has 1 aliphatic heterocycles. The maximum Gasteiger partial charge on any atom is 0.191 e. The number of benzene rings is 1. The zero-order valence-electron chi connectivity index (χ0n) is 18.1. The van der Waals surface area contributed by atoms with Crippen LogP contribution in [0.5, 0.6) is 0 Å². The van der Waals surface area contributed by atoms with Gasteiger partial charge in [-0.2, -0.15) is 0 Å². The molecule has 0 amide bonds. The SMILES string of the molecule is CCNC(=NCc1ccnc(N2CCN(c3ccc(F)cc3)CC2)c1)NC1CC=CC1. The van der Waals surface area contributed by atoms with Gasteiger partial charge in [0.15, 0.2) is 5.96 Å². The highest BCUT2D eigenvalue weighted by Gasteiger charge is 2.18. The quantitative estimate of drug-likeness (QED) is 0.425. The molecule has 0 radical (unpaired) electrons. The highest BCUT2D eigenvalue weighted by atomic mass is 19.1. The van der Waals surface area contributed by atoms with Crippen LogP contribution in [0.15, 0.2) is 59.7 Å². The second kappa shape index (κ2) is 10.3. The summed E-state index contributed by atoms with van der Waals surface area (Å²) in [7, 11) is 0. The zero-order valence-corrected chi connectivity index (χ0v) is 18.1. The van der Waals surface area contributed by atoms with Crippen LogP contribution in [0.2, 0.25) is 0 Å². The highest BCUT2D eigenvalue weighted by Crippen LogP contribution is 2.20. The normalized spacial score (nSPS) is 17.3. The fourth-order valence-corrected chi connectivity index (χ4v) is 4.00. The van der Waals surface area contributed by atoms with Crippen molar-refractivity contribution >= 4 is 17.5 Å². The predicted molar refractivity (Wildman–Crippen MR) is 125 cm³/mol. The number of guanidine groups is 1. The first-order valence-corrected chi connectivity index (χ1v) is 11.1. The third kappa shape index (κ3) is 5.75. The van der Waals surface area contributed by atoms with Gasteiger partial charge >= 0.3 is 0 Å². The van der Waals surface area contributed by atoms with Gasteiger partial charge in [0.05, 0.1) is 6.54 Å². The second-order valence-electron chi connectivity index (χ2n) is 7.95. The molecule has 2 aliphatic rings. The molecule has 4 rings (SSSR count). The first-order chi connectivity index (χ1) is 15.2. The standard InChI is InChI=1S/C24H31FN6/c1-2-26-24(29-21-5-3-4-6-21)28-18-19-11-12-27-23(17-19)31-15-13-30(14-16-31)22-9-7-20(25)8-10-22/h3-4,7-12,17,21H,2,5-6,13-16,18H2,1H3,(H2,26,28,29). The summed E-state index contributed by atoms with van der Waals surface area (Å²) in [6.07, 6.45) is 8.40. The van der Waals surface area contributed by atoms with Gasteiger partial charge in [-0.1, -0.05) is 12.2 Å². The number of aromatic nitrogens is 1. The van der Waals surface area contributed by atoms with Crippen molar-refractivity contribution in [2.24, 2.45) is 4.99 Å². The molecular formula is C24H31FN6. The maximum absolute atomic E-state index is 13.2. The Hall–Kier alpha value is -3.09. The number of pyridine rings is 1. The summed E-state index contributed by atoms with van der Waals surface area (Å²) in [4.78, 5) is 14.0. The van der Waals surface area contributed by atoms with E-state index in [9.17, 15) is 4.39 Å². The minimum absolute atomic E-state index is 0.196. The van der Waals surface area contributed by atoms with Crippen molar-refractivity contribution in [3.63, 3.8) is 0 Å². The summed E-state index contributed by atoms with van der Waals surface area (Å²) in [5.74, 6) is 1.66. The van der Waals surface area contributed by atoms with Gasteiger partial charge in [0, 0.05) is 50.6 Å². The lowest BCUT2D eigenvalue weighted by Crippen LogP contribution is -2.46. The lowest BCUT2D eigenvalue weighted by atomic mass is 10.2. The summed E-state index contributed by atoms with van der Waals surface area (Å²) in [5, 5.41) is 6.85. The van der Waals surface area contributed by atoms with Crippen molar-refractivity contribution in [1.29, 1.82) is 0 Å². The first-order valence-electron chi connectivity index (χ1n) is 11.1. The van der Waals surface area contributed by atoms with E-state index in [2.05, 4.69) is 50.6 Å². The second-order valence-corrected chi connectivity index (χ2v) is 7.95. The Morgan fingerprint density at radius 2 is 1.77 bits per heavy atom. The van der Waals surface area contributed by atoms with Crippen molar-refractivity contribution in [3.8, 4) is 0 Å². The molecule has 1 aromatic heterocycles. The fraction of sp³-hybridized carbons (Fsp3) is 0.417. The molecule has 2 aromatic rings. The number of nitrogens with zero attached hydrogens (tertiary/aromatic N) is 4. The van der Waals surface area contributed by atoms with Crippen LogP contribution in [0.1, 0.15) is 25.3 Å². The minimum atomic E-state index is -0.196. The molecule has 0 atom stereocenters. The molecule has 1 saturated heterocycles. The molecule has 31 heavy (non-hydrogen) atoms. The van der Waals surface area contributed by atoms with Crippen molar-refractivity contribution < 1.29 is 4.39 Å². The fourth-order valence-electron chi connectivity index (χ4n) is 4.00. The molecule has 1 fully saturated rings. The van der Waals surface area contributed by atoms with Gasteiger partial charge in [-0.15, -0.1) is 0 Å². The number of nitrogens with one attached hydrogen (secondary N) is 2. The van der Waals surface area contributed by atoms with Crippen molar-refractivity contribution in [1.82, 2.24) is 15.6 Å². The lowest BCUT2D eigenvalue weighted by molar-refractivity contribution is 0.624. The molecule has 0 saturated carbocycles. The number of anilines is 2. The number of halogens is 1. The van der Waals surface area contributed by atoms with Crippen molar-refractivity contribution in [2.45, 2.75) is 32.4 Å². The molecule has 164 valence electrons. The van der Waals surface area contributed by atoms with E-state index in [1.54, 1.807) is 0 Å². The van der Waals surface area contributed by atoms with Gasteiger partial charge in [-0.05, 0) is 61.7 Å². The van der Waals surface area contributed by atoms with E-state index in [0.717, 1.165) is 68.6 Å². The topological polar surface area (TPSA) is 55.8 Å². The Labute approximate surface area is 183 Å². The van der Waals surface area contributed by atoms with E-state index < -0.39 is 0 Å². The molecule has 2 heterocycles. The Bertz CT molecular complexity index is 895. The predicted octanol–water partition coefficient (Wildman–Crippen LogP) is 3.32. The van der Waals surface area contributed by atoms with Crippen LogP contribution >= 0.6 is 0 Å². The van der Waals surface area contributed by atoms with Crippen molar-refractivity contribution in [2.75, 3.05) is 42.5 Å². The first kappa shape index (κ1) is 21.2. The van der Waals surface area contributed by atoms with Crippen molar-refractivity contribution in [3.05, 3.63) is 66.1 Å². The number of rotatable bonds is 6. The highest BCUT2D eigenvalue weighted by molar-refractivity contribution is 5.80. The number of piperazine rings is 1. The summed E-state index contributed by atoms with van der Waals surface area (Å²) in [6.45, 7) is 7.08. The van der Waals surface area contributed by atoms with Gasteiger partial charge in [0.2, 0.25) is 0 Å². The molecule has 6 nitrogen and oxygen atoms in total. The molecule has 0 bridgehead atoms. The molecule has 1 aliphatic carbocycles. The van der Waals surface area contributed by atoms with E-state index in [1.807, 2.05) is 24.4 Å². The van der Waals surface area contributed by atoms with Crippen LogP contribution in [-0.4, -0.2) is 49.7 Å². The largest absolute Gasteiger partial charge is 0.368 e.